The highest BCUT2D eigenvalue weighted by Crippen LogP contribution is 2.12. The number of hydrogen-bond donors (Lipinski definition) is 3. The molecule has 1 saturated heterocycles. The molecule has 1 rings (SSSR count). The number of carboxylic acid groups (broad SMARTS) is 1. The second-order valence-electron chi connectivity index (χ2n) is 3.44. The fourth-order valence-corrected chi connectivity index (χ4v) is 1.40. The summed E-state index contributed by atoms with van der Waals surface area (Å²) in [6, 6.07) is -1.25. The van der Waals surface area contributed by atoms with Gasteiger partial charge in [-0.1, -0.05) is 0 Å². The van der Waals surface area contributed by atoms with E-state index in [4.69, 9.17) is 14.9 Å². The van der Waals surface area contributed by atoms with Gasteiger partial charge in [0, 0.05) is 6.61 Å². The van der Waals surface area contributed by atoms with Crippen molar-refractivity contribution >= 4 is 11.9 Å². The van der Waals surface area contributed by atoms with Gasteiger partial charge in [0.05, 0.1) is 6.61 Å². The fraction of sp³-hybridized carbons (Fsp3) is 0.778. The van der Waals surface area contributed by atoms with Gasteiger partial charge < -0.3 is 20.3 Å². The van der Waals surface area contributed by atoms with E-state index in [2.05, 4.69) is 5.32 Å². The molecule has 1 aliphatic heterocycles. The third kappa shape index (κ3) is 3.49. The summed E-state index contributed by atoms with van der Waals surface area (Å²) in [5.74, 6) is -1.71. The van der Waals surface area contributed by atoms with Gasteiger partial charge in [0.1, 0.15) is 12.1 Å². The maximum atomic E-state index is 11.5. The van der Waals surface area contributed by atoms with Crippen LogP contribution in [0.25, 0.3) is 0 Å². The van der Waals surface area contributed by atoms with Gasteiger partial charge in [0.25, 0.3) is 0 Å². The monoisotopic (exact) mass is 217 g/mol. The van der Waals surface area contributed by atoms with Crippen LogP contribution in [-0.4, -0.2) is 47.4 Å². The smallest absolute Gasteiger partial charge is 0.328 e. The lowest BCUT2D eigenvalue weighted by Crippen LogP contribution is -2.48. The van der Waals surface area contributed by atoms with Crippen LogP contribution < -0.4 is 5.32 Å². The van der Waals surface area contributed by atoms with Crippen molar-refractivity contribution < 1.29 is 24.5 Å². The molecule has 0 aromatic rings. The fourth-order valence-electron chi connectivity index (χ4n) is 1.40. The summed E-state index contributed by atoms with van der Waals surface area (Å²) in [6.45, 7) is -0.0945. The molecule has 0 aromatic heterocycles. The minimum atomic E-state index is -1.25. The molecule has 0 bridgehead atoms. The molecule has 15 heavy (non-hydrogen) atoms. The van der Waals surface area contributed by atoms with E-state index in [9.17, 15) is 9.59 Å². The SMILES string of the molecule is O=C(O)C(CO)NC(=O)C1CCCCO1. The Balaban J connectivity index is 2.42. The summed E-state index contributed by atoms with van der Waals surface area (Å²) in [6.07, 6.45) is 1.84. The Morgan fingerprint density at radius 2 is 2.20 bits per heavy atom. The van der Waals surface area contributed by atoms with Gasteiger partial charge in [-0.2, -0.15) is 0 Å². The lowest BCUT2D eigenvalue weighted by Gasteiger charge is -2.23. The zero-order chi connectivity index (χ0) is 11.3. The molecular weight excluding hydrogens is 202 g/mol. The number of aliphatic hydroxyl groups excluding tert-OH is 1. The molecule has 86 valence electrons. The van der Waals surface area contributed by atoms with Crippen molar-refractivity contribution in [2.45, 2.75) is 31.4 Å². The number of amides is 1. The van der Waals surface area contributed by atoms with Crippen molar-refractivity contribution in [3.63, 3.8) is 0 Å². The Labute approximate surface area is 87.2 Å². The van der Waals surface area contributed by atoms with Crippen LogP contribution in [0.3, 0.4) is 0 Å². The Kier molecular flexibility index (Phi) is 4.51. The highest BCUT2D eigenvalue weighted by Gasteiger charge is 2.26. The van der Waals surface area contributed by atoms with Crippen molar-refractivity contribution in [3.8, 4) is 0 Å². The minimum Gasteiger partial charge on any atom is -0.480 e. The van der Waals surface area contributed by atoms with E-state index in [0.29, 0.717) is 13.0 Å². The molecule has 2 unspecified atom stereocenters. The van der Waals surface area contributed by atoms with Gasteiger partial charge in [0.2, 0.25) is 5.91 Å². The lowest BCUT2D eigenvalue weighted by atomic mass is 10.1. The summed E-state index contributed by atoms with van der Waals surface area (Å²) in [5, 5.41) is 19.5. The average Bonchev–Trinajstić information content (AvgIpc) is 2.26. The van der Waals surface area contributed by atoms with Crippen molar-refractivity contribution in [1.29, 1.82) is 0 Å². The van der Waals surface area contributed by atoms with Gasteiger partial charge >= 0.3 is 5.97 Å². The van der Waals surface area contributed by atoms with Crippen LogP contribution >= 0.6 is 0 Å². The quantitative estimate of drug-likeness (QED) is 0.568. The highest BCUT2D eigenvalue weighted by molar-refractivity contribution is 5.86. The molecule has 0 radical (unpaired) electrons. The highest BCUT2D eigenvalue weighted by atomic mass is 16.5. The average molecular weight is 217 g/mol. The number of carbonyl (C=O) groups excluding carboxylic acids is 1. The predicted octanol–water partition coefficient (Wildman–Crippen LogP) is -0.883. The molecule has 0 aliphatic carbocycles. The number of nitrogens with one attached hydrogen (secondary N) is 1. The van der Waals surface area contributed by atoms with Gasteiger partial charge in [-0.25, -0.2) is 4.79 Å². The van der Waals surface area contributed by atoms with Crippen LogP contribution in [0.1, 0.15) is 19.3 Å². The summed E-state index contributed by atoms with van der Waals surface area (Å²) in [7, 11) is 0. The molecule has 2 atom stereocenters. The predicted molar refractivity (Wildman–Crippen MR) is 50.2 cm³/mol. The molecule has 0 saturated carbocycles. The van der Waals surface area contributed by atoms with E-state index in [1.165, 1.54) is 0 Å². The van der Waals surface area contributed by atoms with Gasteiger partial charge in [-0.05, 0) is 19.3 Å². The Morgan fingerprint density at radius 1 is 1.47 bits per heavy atom. The van der Waals surface area contributed by atoms with Gasteiger partial charge in [-0.3, -0.25) is 4.79 Å². The molecule has 6 heteroatoms. The molecular formula is C9H15NO5. The number of aliphatic hydroxyl groups is 1. The van der Waals surface area contributed by atoms with Crippen LogP contribution in [-0.2, 0) is 14.3 Å². The van der Waals surface area contributed by atoms with Crippen LogP contribution in [0.2, 0.25) is 0 Å². The number of carboxylic acids is 1. The first-order chi connectivity index (χ1) is 7.15. The second kappa shape index (κ2) is 5.67. The van der Waals surface area contributed by atoms with Crippen LogP contribution in [0, 0.1) is 0 Å². The Bertz CT molecular complexity index is 237. The number of rotatable bonds is 4. The second-order valence-corrected chi connectivity index (χ2v) is 3.44. The van der Waals surface area contributed by atoms with Crippen LogP contribution in [0.4, 0.5) is 0 Å². The summed E-state index contributed by atoms with van der Waals surface area (Å²) in [5.41, 5.74) is 0. The zero-order valence-electron chi connectivity index (χ0n) is 8.31. The Hall–Kier alpha value is -1.14. The lowest BCUT2D eigenvalue weighted by molar-refractivity contribution is -0.146. The maximum absolute atomic E-state index is 11.5. The molecule has 1 aliphatic rings. The standard InChI is InChI=1S/C9H15NO5/c11-5-6(9(13)14)10-8(12)7-3-1-2-4-15-7/h6-7,11H,1-5H2,(H,10,12)(H,13,14). The topological polar surface area (TPSA) is 95.9 Å². The number of ether oxygens (including phenoxy) is 1. The van der Waals surface area contributed by atoms with Crippen LogP contribution in [0.5, 0.6) is 0 Å². The molecule has 1 heterocycles. The van der Waals surface area contributed by atoms with E-state index < -0.39 is 30.6 Å². The normalized spacial score (nSPS) is 23.1. The summed E-state index contributed by atoms with van der Waals surface area (Å²) < 4.78 is 5.18. The van der Waals surface area contributed by atoms with E-state index in [0.717, 1.165) is 12.8 Å². The first-order valence-electron chi connectivity index (χ1n) is 4.90. The van der Waals surface area contributed by atoms with Gasteiger partial charge in [0.15, 0.2) is 0 Å². The van der Waals surface area contributed by atoms with Crippen LogP contribution in [0.15, 0.2) is 0 Å². The van der Waals surface area contributed by atoms with E-state index in [1.807, 2.05) is 0 Å². The first-order valence-corrected chi connectivity index (χ1v) is 4.90. The third-order valence-electron chi connectivity index (χ3n) is 2.27. The Morgan fingerprint density at radius 3 is 2.67 bits per heavy atom. The van der Waals surface area contributed by atoms with Crippen molar-refractivity contribution in [2.75, 3.05) is 13.2 Å². The van der Waals surface area contributed by atoms with Crippen molar-refractivity contribution in [3.05, 3.63) is 0 Å². The van der Waals surface area contributed by atoms with E-state index >= 15 is 0 Å². The van der Waals surface area contributed by atoms with Crippen molar-refractivity contribution in [2.24, 2.45) is 0 Å². The largest absolute Gasteiger partial charge is 0.480 e. The number of carbonyl (C=O) groups is 2. The zero-order valence-corrected chi connectivity index (χ0v) is 8.31. The first kappa shape index (κ1) is 11.9. The molecule has 6 nitrogen and oxygen atoms in total. The maximum Gasteiger partial charge on any atom is 0.328 e. The number of hydrogen-bond acceptors (Lipinski definition) is 4. The van der Waals surface area contributed by atoms with Gasteiger partial charge in [-0.15, -0.1) is 0 Å². The minimum absolute atomic E-state index is 0.462. The molecule has 3 N–H and O–H groups in total. The molecule has 1 amide bonds. The summed E-state index contributed by atoms with van der Waals surface area (Å²) >= 11 is 0. The summed E-state index contributed by atoms with van der Waals surface area (Å²) in [4.78, 5) is 22.0. The molecule has 0 aromatic carbocycles. The molecule has 1 fully saturated rings. The third-order valence-corrected chi connectivity index (χ3v) is 2.27. The van der Waals surface area contributed by atoms with Crippen molar-refractivity contribution in [1.82, 2.24) is 5.32 Å². The van der Waals surface area contributed by atoms with E-state index in [-0.39, 0.29) is 0 Å². The number of aliphatic carboxylic acids is 1. The molecule has 0 spiro atoms. The van der Waals surface area contributed by atoms with E-state index in [1.54, 1.807) is 0 Å².